The maximum absolute atomic E-state index is 14.5. The van der Waals surface area contributed by atoms with Gasteiger partial charge in [-0.3, -0.25) is 9.36 Å². The quantitative estimate of drug-likeness (QED) is 0.308. The van der Waals surface area contributed by atoms with Gasteiger partial charge in [-0.05, 0) is 54.6 Å². The highest BCUT2D eigenvalue weighted by molar-refractivity contribution is 7.99. The Morgan fingerprint density at radius 1 is 1.09 bits per heavy atom. The average molecular weight is 503 g/mol. The van der Waals surface area contributed by atoms with E-state index in [1.165, 1.54) is 6.07 Å². The van der Waals surface area contributed by atoms with E-state index in [9.17, 15) is 9.18 Å². The number of anilines is 1. The Kier molecular flexibility index (Phi) is 7.17. The van der Waals surface area contributed by atoms with Crippen molar-refractivity contribution < 1.29 is 13.9 Å². The molecule has 1 amide bonds. The van der Waals surface area contributed by atoms with Crippen molar-refractivity contribution in [2.45, 2.75) is 5.16 Å². The molecule has 0 saturated carbocycles. The van der Waals surface area contributed by atoms with E-state index < -0.39 is 5.82 Å². The molecule has 10 heteroatoms. The first kappa shape index (κ1) is 23.1. The van der Waals surface area contributed by atoms with Crippen LogP contribution in [0.15, 0.2) is 71.9 Å². The maximum Gasteiger partial charge on any atom is 0.234 e. The number of nitrogens with one attached hydrogen (secondary N) is 1. The molecule has 0 unspecified atom stereocenters. The summed E-state index contributed by atoms with van der Waals surface area (Å²) in [6.07, 6.45) is 0. The number of thioether (sulfide) groups is 1. The van der Waals surface area contributed by atoms with Gasteiger partial charge in [0.25, 0.3) is 0 Å². The zero-order valence-corrected chi connectivity index (χ0v) is 19.6. The number of amides is 1. The van der Waals surface area contributed by atoms with E-state index in [-0.39, 0.29) is 11.7 Å². The number of benzene rings is 3. The second-order valence-corrected chi connectivity index (χ2v) is 8.57. The molecule has 0 fully saturated rings. The first-order valence-electron chi connectivity index (χ1n) is 9.68. The lowest BCUT2D eigenvalue weighted by atomic mass is 10.2. The van der Waals surface area contributed by atoms with Crippen LogP contribution in [0.5, 0.6) is 5.75 Å². The number of rotatable bonds is 7. The molecule has 4 aromatic rings. The fraction of sp³-hybridized carbons (Fsp3) is 0.0870. The Hall–Kier alpha value is -3.07. The molecule has 0 aliphatic carbocycles. The van der Waals surface area contributed by atoms with Crippen molar-refractivity contribution in [2.75, 3.05) is 18.2 Å². The molecule has 6 nitrogen and oxygen atoms in total. The van der Waals surface area contributed by atoms with Crippen LogP contribution in [0.3, 0.4) is 0 Å². The third-order valence-corrected chi connectivity index (χ3v) is 6.09. The molecule has 0 bridgehead atoms. The van der Waals surface area contributed by atoms with E-state index in [2.05, 4.69) is 15.5 Å². The molecule has 0 radical (unpaired) electrons. The minimum atomic E-state index is -0.425. The normalized spacial score (nSPS) is 10.8. The zero-order valence-electron chi connectivity index (χ0n) is 17.3. The lowest BCUT2D eigenvalue weighted by Crippen LogP contribution is -2.15. The largest absolute Gasteiger partial charge is 0.497 e. The molecule has 3 aromatic carbocycles. The van der Waals surface area contributed by atoms with Crippen molar-refractivity contribution in [2.24, 2.45) is 0 Å². The first-order valence-corrected chi connectivity index (χ1v) is 11.4. The molecule has 4 rings (SSSR count). The highest BCUT2D eigenvalue weighted by Gasteiger charge is 2.20. The third-order valence-electron chi connectivity index (χ3n) is 4.62. The van der Waals surface area contributed by atoms with Crippen molar-refractivity contribution in [3.05, 3.63) is 82.6 Å². The van der Waals surface area contributed by atoms with Gasteiger partial charge >= 0.3 is 0 Å². The number of nitrogens with zero attached hydrogens (tertiary/aromatic N) is 3. The van der Waals surface area contributed by atoms with Crippen molar-refractivity contribution >= 4 is 46.6 Å². The molecule has 0 atom stereocenters. The highest BCUT2D eigenvalue weighted by atomic mass is 35.5. The second kappa shape index (κ2) is 10.2. The first-order chi connectivity index (χ1) is 16.0. The molecule has 0 aliphatic heterocycles. The number of hydrogen-bond donors (Lipinski definition) is 1. The van der Waals surface area contributed by atoms with Gasteiger partial charge in [0.15, 0.2) is 11.0 Å². The Bertz CT molecular complexity index is 1300. The van der Waals surface area contributed by atoms with Gasteiger partial charge in [0.05, 0.1) is 34.8 Å². The summed E-state index contributed by atoms with van der Waals surface area (Å²) in [4.78, 5) is 12.5. The van der Waals surface area contributed by atoms with Gasteiger partial charge in [-0.15, -0.1) is 10.2 Å². The molecule has 1 N–H and O–H groups in total. The predicted octanol–water partition coefficient (Wildman–Crippen LogP) is 6.12. The maximum atomic E-state index is 14.5. The minimum absolute atomic E-state index is 0.0323. The summed E-state index contributed by atoms with van der Waals surface area (Å²) < 4.78 is 21.5. The molecular weight excluding hydrogens is 486 g/mol. The topological polar surface area (TPSA) is 69.0 Å². The Morgan fingerprint density at radius 2 is 1.85 bits per heavy atom. The second-order valence-electron chi connectivity index (χ2n) is 6.78. The predicted molar refractivity (Wildman–Crippen MR) is 129 cm³/mol. The molecule has 0 aliphatic rings. The molecular formula is C23H17Cl2FN4O2S. The third kappa shape index (κ3) is 5.30. The number of carbonyl (C=O) groups is 1. The Balaban J connectivity index is 1.62. The van der Waals surface area contributed by atoms with E-state index in [0.717, 1.165) is 11.8 Å². The van der Waals surface area contributed by atoms with E-state index in [1.54, 1.807) is 60.2 Å². The zero-order chi connectivity index (χ0) is 23.4. The molecule has 0 spiro atoms. The molecule has 168 valence electrons. The summed E-state index contributed by atoms with van der Waals surface area (Å²) in [5.41, 5.74) is 1.45. The number of ether oxygens (including phenoxy) is 1. The summed E-state index contributed by atoms with van der Waals surface area (Å²) in [5.74, 6) is 0.312. The lowest BCUT2D eigenvalue weighted by molar-refractivity contribution is -0.113. The van der Waals surface area contributed by atoms with Crippen molar-refractivity contribution in [3.63, 3.8) is 0 Å². The van der Waals surface area contributed by atoms with Crippen LogP contribution in [0, 0.1) is 5.82 Å². The number of halogens is 3. The fourth-order valence-corrected chi connectivity index (χ4v) is 4.26. The van der Waals surface area contributed by atoms with Crippen LogP contribution >= 0.6 is 35.0 Å². The van der Waals surface area contributed by atoms with Crippen LogP contribution < -0.4 is 10.1 Å². The van der Waals surface area contributed by atoms with Crippen LogP contribution in [0.4, 0.5) is 10.1 Å². The van der Waals surface area contributed by atoms with Crippen LogP contribution in [0.1, 0.15) is 0 Å². The van der Waals surface area contributed by atoms with Gasteiger partial charge in [-0.1, -0.05) is 47.1 Å². The molecule has 33 heavy (non-hydrogen) atoms. The minimum Gasteiger partial charge on any atom is -0.497 e. The lowest BCUT2D eigenvalue weighted by Gasteiger charge is -2.12. The van der Waals surface area contributed by atoms with Gasteiger partial charge < -0.3 is 10.1 Å². The van der Waals surface area contributed by atoms with E-state index in [4.69, 9.17) is 27.9 Å². The molecule has 1 heterocycles. The van der Waals surface area contributed by atoms with Gasteiger partial charge in [0, 0.05) is 5.02 Å². The highest BCUT2D eigenvalue weighted by Crippen LogP contribution is 2.31. The monoisotopic (exact) mass is 502 g/mol. The number of carbonyl (C=O) groups excluding carboxylic acids is 1. The number of hydrogen-bond acceptors (Lipinski definition) is 5. The average Bonchev–Trinajstić information content (AvgIpc) is 3.23. The Labute approximate surface area is 203 Å². The smallest absolute Gasteiger partial charge is 0.234 e. The summed E-state index contributed by atoms with van der Waals surface area (Å²) in [6.45, 7) is 0. The van der Waals surface area contributed by atoms with Gasteiger partial charge in [0.1, 0.15) is 11.6 Å². The fourth-order valence-electron chi connectivity index (χ4n) is 3.05. The standard InChI is InChI=1S/C23H17Cl2FN4O2S/c1-32-16-9-7-15(8-10-16)30-22(17-4-2-3-5-19(17)26)28-29-23(30)33-13-21(31)27-20-11-6-14(24)12-18(20)25/h2-12H,13H2,1H3,(H,27,31). The summed E-state index contributed by atoms with van der Waals surface area (Å²) in [7, 11) is 1.57. The van der Waals surface area contributed by atoms with Gasteiger partial charge in [-0.25, -0.2) is 4.39 Å². The van der Waals surface area contributed by atoms with Gasteiger partial charge in [-0.2, -0.15) is 0 Å². The van der Waals surface area contributed by atoms with Crippen molar-refractivity contribution in [1.82, 2.24) is 14.8 Å². The van der Waals surface area contributed by atoms with Crippen LogP contribution in [-0.4, -0.2) is 33.5 Å². The SMILES string of the molecule is COc1ccc(-n2c(SCC(=O)Nc3ccc(Cl)cc3Cl)nnc2-c2ccccc2F)cc1. The van der Waals surface area contributed by atoms with Crippen LogP contribution in [0.25, 0.3) is 17.1 Å². The number of aromatic nitrogens is 3. The Morgan fingerprint density at radius 3 is 2.55 bits per heavy atom. The van der Waals surface area contributed by atoms with Crippen molar-refractivity contribution in [3.8, 4) is 22.8 Å². The van der Waals surface area contributed by atoms with E-state index in [1.807, 2.05) is 12.1 Å². The van der Waals surface area contributed by atoms with Crippen LogP contribution in [0.2, 0.25) is 10.0 Å². The summed E-state index contributed by atoms with van der Waals surface area (Å²) >= 11 is 13.2. The van der Waals surface area contributed by atoms with Gasteiger partial charge in [0.2, 0.25) is 5.91 Å². The summed E-state index contributed by atoms with van der Waals surface area (Å²) in [5, 5.41) is 12.4. The van der Waals surface area contributed by atoms with E-state index >= 15 is 0 Å². The van der Waals surface area contributed by atoms with Crippen molar-refractivity contribution in [1.29, 1.82) is 0 Å². The molecule has 0 saturated heterocycles. The van der Waals surface area contributed by atoms with Crippen LogP contribution in [-0.2, 0) is 4.79 Å². The summed E-state index contributed by atoms with van der Waals surface area (Å²) in [6, 6.07) is 18.3. The molecule has 1 aromatic heterocycles. The van der Waals surface area contributed by atoms with E-state index in [0.29, 0.717) is 43.7 Å². The number of methoxy groups -OCH3 is 1.